The van der Waals surface area contributed by atoms with E-state index in [1.165, 1.54) is 0 Å². The number of hydrogen-bond donors (Lipinski definition) is 2. The number of nitrogens with two attached hydrogens (primary N) is 1. The second-order valence-corrected chi connectivity index (χ2v) is 6.33. The molecule has 1 fully saturated rings. The summed E-state index contributed by atoms with van der Waals surface area (Å²) in [6, 6.07) is 5.80. The molecule has 1 aliphatic heterocycles. The highest BCUT2D eigenvalue weighted by Gasteiger charge is 2.23. The number of nitrogens with zero attached hydrogens (tertiary/aromatic N) is 2. The van der Waals surface area contributed by atoms with Gasteiger partial charge in [-0.15, -0.1) is 12.4 Å². The zero-order valence-electron chi connectivity index (χ0n) is 12.9. The Morgan fingerprint density at radius 1 is 1.50 bits per heavy atom. The Bertz CT molecular complexity index is 440. The zero-order chi connectivity index (χ0) is 15.1. The van der Waals surface area contributed by atoms with Gasteiger partial charge in [0.15, 0.2) is 0 Å². The minimum absolute atomic E-state index is 0. The number of carbonyl (C=O) groups excluding carboxylic acids is 1. The van der Waals surface area contributed by atoms with E-state index in [2.05, 4.69) is 15.2 Å². The molecule has 0 saturated carbocycles. The molecule has 0 aliphatic carbocycles. The number of piperidine rings is 1. The Morgan fingerprint density at radius 3 is 2.82 bits per heavy atom. The lowest BCUT2D eigenvalue weighted by Crippen LogP contribution is -2.49. The van der Waals surface area contributed by atoms with Crippen LogP contribution < -0.4 is 16.0 Å². The molecule has 5 nitrogen and oxygen atoms in total. The Kier molecular flexibility index (Phi) is 8.60. The monoisotopic (exact) mass is 344 g/mol. The summed E-state index contributed by atoms with van der Waals surface area (Å²) in [6.07, 6.45) is 6.46. The third-order valence-electron chi connectivity index (χ3n) is 3.78. The zero-order valence-corrected chi connectivity index (χ0v) is 14.5. The molecule has 2 heterocycles. The smallest absolute Gasteiger partial charge is 0.237 e. The summed E-state index contributed by atoms with van der Waals surface area (Å²) in [5, 5.41) is 3.08. The molecule has 0 aromatic carbocycles. The molecule has 3 N–H and O–H groups in total. The van der Waals surface area contributed by atoms with Gasteiger partial charge in [0.2, 0.25) is 5.91 Å². The van der Waals surface area contributed by atoms with Crippen LogP contribution in [0.1, 0.15) is 19.3 Å². The van der Waals surface area contributed by atoms with Crippen LogP contribution in [0, 0.1) is 0 Å². The van der Waals surface area contributed by atoms with Gasteiger partial charge in [0, 0.05) is 25.3 Å². The van der Waals surface area contributed by atoms with Crippen LogP contribution in [0.3, 0.4) is 0 Å². The van der Waals surface area contributed by atoms with Crippen molar-refractivity contribution in [1.29, 1.82) is 0 Å². The lowest BCUT2D eigenvalue weighted by atomic mass is 10.0. The van der Waals surface area contributed by atoms with Gasteiger partial charge in [-0.3, -0.25) is 4.79 Å². The Hall–Kier alpha value is -0.980. The van der Waals surface area contributed by atoms with Gasteiger partial charge >= 0.3 is 0 Å². The van der Waals surface area contributed by atoms with Crippen LogP contribution in [-0.2, 0) is 4.79 Å². The maximum Gasteiger partial charge on any atom is 0.237 e. The molecule has 0 radical (unpaired) electrons. The summed E-state index contributed by atoms with van der Waals surface area (Å²) in [7, 11) is 0. The summed E-state index contributed by atoms with van der Waals surface area (Å²) in [5.74, 6) is 1.92. The van der Waals surface area contributed by atoms with Crippen molar-refractivity contribution in [3.8, 4) is 0 Å². The molecule has 1 saturated heterocycles. The molecule has 2 rings (SSSR count). The van der Waals surface area contributed by atoms with Crippen molar-refractivity contribution in [3.63, 3.8) is 0 Å². The Balaban J connectivity index is 0.00000242. The second-order valence-electron chi connectivity index (χ2n) is 5.35. The van der Waals surface area contributed by atoms with E-state index in [0.29, 0.717) is 0 Å². The number of rotatable bonds is 6. The topological polar surface area (TPSA) is 71.2 Å². The van der Waals surface area contributed by atoms with Crippen molar-refractivity contribution in [2.75, 3.05) is 30.0 Å². The van der Waals surface area contributed by atoms with E-state index >= 15 is 0 Å². The van der Waals surface area contributed by atoms with Crippen LogP contribution in [0.5, 0.6) is 0 Å². The minimum Gasteiger partial charge on any atom is -0.356 e. The van der Waals surface area contributed by atoms with E-state index in [1.54, 1.807) is 11.8 Å². The second kappa shape index (κ2) is 9.92. The molecule has 124 valence electrons. The van der Waals surface area contributed by atoms with Gasteiger partial charge in [-0.05, 0) is 43.4 Å². The first-order valence-electron chi connectivity index (χ1n) is 7.41. The number of halogens is 1. The Labute approximate surface area is 142 Å². The van der Waals surface area contributed by atoms with Gasteiger partial charge in [-0.2, -0.15) is 11.8 Å². The van der Waals surface area contributed by atoms with E-state index in [4.69, 9.17) is 5.73 Å². The predicted octanol–water partition coefficient (Wildman–Crippen LogP) is 1.67. The van der Waals surface area contributed by atoms with Gasteiger partial charge in [-0.1, -0.05) is 6.07 Å². The fourth-order valence-electron chi connectivity index (χ4n) is 2.48. The average molecular weight is 345 g/mol. The lowest BCUT2D eigenvalue weighted by Gasteiger charge is -2.33. The van der Waals surface area contributed by atoms with Gasteiger partial charge < -0.3 is 16.0 Å². The summed E-state index contributed by atoms with van der Waals surface area (Å²) in [6.45, 7) is 1.84. The first kappa shape index (κ1) is 19.1. The van der Waals surface area contributed by atoms with Crippen molar-refractivity contribution in [2.24, 2.45) is 5.73 Å². The molecule has 0 bridgehead atoms. The molecular formula is C15H25ClN4OS. The average Bonchev–Trinajstić information content (AvgIpc) is 2.54. The first-order chi connectivity index (χ1) is 10.2. The number of hydrogen-bond acceptors (Lipinski definition) is 5. The molecule has 1 aromatic heterocycles. The maximum absolute atomic E-state index is 12.0. The van der Waals surface area contributed by atoms with Crippen molar-refractivity contribution in [3.05, 3.63) is 24.4 Å². The minimum atomic E-state index is -0.383. The highest BCUT2D eigenvalue weighted by atomic mass is 35.5. The molecule has 1 aromatic rings. The van der Waals surface area contributed by atoms with Crippen molar-refractivity contribution in [1.82, 2.24) is 10.3 Å². The molecule has 7 heteroatoms. The lowest BCUT2D eigenvalue weighted by molar-refractivity contribution is -0.123. The molecule has 1 atom stereocenters. The highest BCUT2D eigenvalue weighted by Crippen LogP contribution is 2.17. The summed E-state index contributed by atoms with van der Waals surface area (Å²) >= 11 is 1.72. The third-order valence-corrected chi connectivity index (χ3v) is 4.43. The van der Waals surface area contributed by atoms with Crippen LogP contribution in [0.15, 0.2) is 24.4 Å². The number of aromatic nitrogens is 1. The predicted molar refractivity (Wildman–Crippen MR) is 95.8 cm³/mol. The van der Waals surface area contributed by atoms with E-state index in [-0.39, 0.29) is 30.4 Å². The summed E-state index contributed by atoms with van der Waals surface area (Å²) in [4.78, 5) is 18.6. The number of nitrogens with one attached hydrogen (secondary N) is 1. The fraction of sp³-hybridized carbons (Fsp3) is 0.600. The van der Waals surface area contributed by atoms with Gasteiger partial charge in [0.25, 0.3) is 0 Å². The number of amides is 1. The quantitative estimate of drug-likeness (QED) is 0.821. The van der Waals surface area contributed by atoms with E-state index < -0.39 is 0 Å². The molecule has 22 heavy (non-hydrogen) atoms. The molecule has 1 amide bonds. The summed E-state index contributed by atoms with van der Waals surface area (Å²) < 4.78 is 0. The van der Waals surface area contributed by atoms with E-state index in [1.807, 2.05) is 30.7 Å². The van der Waals surface area contributed by atoms with E-state index in [9.17, 15) is 4.79 Å². The number of carbonyl (C=O) groups is 1. The number of thioether (sulfide) groups is 1. The third kappa shape index (κ3) is 5.66. The van der Waals surface area contributed by atoms with Crippen molar-refractivity contribution < 1.29 is 4.79 Å². The number of anilines is 1. The first-order valence-corrected chi connectivity index (χ1v) is 8.81. The molecule has 0 spiro atoms. The van der Waals surface area contributed by atoms with Crippen molar-refractivity contribution in [2.45, 2.75) is 31.3 Å². The van der Waals surface area contributed by atoms with Crippen LogP contribution in [0.25, 0.3) is 0 Å². The normalized spacial score (nSPS) is 16.7. The molecular weight excluding hydrogens is 320 g/mol. The largest absolute Gasteiger partial charge is 0.356 e. The van der Waals surface area contributed by atoms with Crippen LogP contribution in [0.4, 0.5) is 5.82 Å². The summed E-state index contributed by atoms with van der Waals surface area (Å²) in [5.41, 5.74) is 5.89. The standard InChI is InChI=1S/C15H24N4OS.ClH/c1-21-11-7-13(16)15(20)18-12-5-9-19(10-6-12)14-4-2-3-8-17-14;/h2-4,8,12-13H,5-7,9-11,16H2,1H3,(H,18,20);1H/t13-;/m0./s1. The van der Waals surface area contributed by atoms with Crippen molar-refractivity contribution >= 4 is 35.9 Å². The number of pyridine rings is 1. The van der Waals surface area contributed by atoms with Crippen LogP contribution >= 0.6 is 24.2 Å². The van der Waals surface area contributed by atoms with Crippen LogP contribution in [-0.4, -0.2) is 48.1 Å². The van der Waals surface area contributed by atoms with Crippen LogP contribution in [0.2, 0.25) is 0 Å². The van der Waals surface area contributed by atoms with Gasteiger partial charge in [-0.25, -0.2) is 4.98 Å². The Morgan fingerprint density at radius 2 is 2.23 bits per heavy atom. The fourth-order valence-corrected chi connectivity index (χ4v) is 2.97. The highest BCUT2D eigenvalue weighted by molar-refractivity contribution is 7.98. The molecule has 1 aliphatic rings. The van der Waals surface area contributed by atoms with Gasteiger partial charge in [0.1, 0.15) is 5.82 Å². The SMILES string of the molecule is CSCC[C@H](N)C(=O)NC1CCN(c2ccccn2)CC1.Cl. The van der Waals surface area contributed by atoms with E-state index in [0.717, 1.165) is 43.9 Å². The van der Waals surface area contributed by atoms with Gasteiger partial charge in [0.05, 0.1) is 6.04 Å². The molecule has 0 unspecified atom stereocenters. The maximum atomic E-state index is 12.0.